The van der Waals surface area contributed by atoms with Crippen molar-refractivity contribution in [2.45, 2.75) is 32.6 Å². The van der Waals surface area contributed by atoms with Gasteiger partial charge < -0.3 is 5.73 Å². The van der Waals surface area contributed by atoms with Crippen LogP contribution >= 0.6 is 0 Å². The summed E-state index contributed by atoms with van der Waals surface area (Å²) in [6.45, 7) is 8.91. The van der Waals surface area contributed by atoms with Crippen LogP contribution in [0.1, 0.15) is 27.7 Å². The molecule has 1 rings (SSSR count). The van der Waals surface area contributed by atoms with E-state index in [1.165, 1.54) is 10.5 Å². The molecule has 3 N–H and O–H groups in total. The molecule has 0 spiro atoms. The molecule has 18 heavy (non-hydrogen) atoms. The monoisotopic (exact) mass is 274 g/mol. The van der Waals surface area contributed by atoms with Gasteiger partial charge in [-0.25, -0.2) is 8.42 Å². The molecule has 0 bridgehead atoms. The lowest BCUT2D eigenvalue weighted by Gasteiger charge is -2.25. The molecule has 0 aliphatic carbocycles. The van der Waals surface area contributed by atoms with Crippen molar-refractivity contribution in [2.24, 2.45) is 11.8 Å². The van der Waals surface area contributed by atoms with Crippen molar-refractivity contribution in [3.63, 3.8) is 0 Å². The van der Waals surface area contributed by atoms with Gasteiger partial charge in [0.1, 0.15) is 10.7 Å². The van der Waals surface area contributed by atoms with Crippen molar-refractivity contribution in [3.05, 3.63) is 6.20 Å². The molecule has 0 aliphatic heterocycles. The van der Waals surface area contributed by atoms with Gasteiger partial charge in [0.15, 0.2) is 0 Å². The molecule has 7 heteroatoms. The SMILES string of the molecule is CC(C)CN(CC(C)C)S(=O)(=O)c1cn[nH]c1N. The number of anilines is 1. The molecule has 0 amide bonds. The summed E-state index contributed by atoms with van der Waals surface area (Å²) in [5.74, 6) is 0.603. The van der Waals surface area contributed by atoms with Crippen LogP contribution in [0, 0.1) is 11.8 Å². The average molecular weight is 274 g/mol. The Kier molecular flexibility index (Phi) is 4.75. The first kappa shape index (κ1) is 15.0. The molecule has 0 saturated carbocycles. The zero-order valence-electron chi connectivity index (χ0n) is 11.3. The van der Waals surface area contributed by atoms with Crippen LogP contribution < -0.4 is 5.73 Å². The van der Waals surface area contributed by atoms with Crippen molar-refractivity contribution >= 4 is 15.8 Å². The molecular formula is C11H22N4O2S. The first-order chi connectivity index (χ1) is 8.25. The number of aromatic nitrogens is 2. The second-order valence-electron chi connectivity index (χ2n) is 5.26. The highest BCUT2D eigenvalue weighted by Crippen LogP contribution is 2.21. The summed E-state index contributed by atoms with van der Waals surface area (Å²) >= 11 is 0. The second kappa shape index (κ2) is 5.71. The van der Waals surface area contributed by atoms with Gasteiger partial charge in [-0.3, -0.25) is 5.10 Å². The molecule has 0 aliphatic rings. The molecular weight excluding hydrogens is 252 g/mol. The fourth-order valence-electron chi connectivity index (χ4n) is 1.72. The van der Waals surface area contributed by atoms with Crippen LogP contribution in [-0.4, -0.2) is 36.0 Å². The minimum Gasteiger partial charge on any atom is -0.383 e. The highest BCUT2D eigenvalue weighted by molar-refractivity contribution is 7.89. The Bertz CT molecular complexity index is 469. The number of nitrogens with zero attached hydrogens (tertiary/aromatic N) is 2. The van der Waals surface area contributed by atoms with E-state index in [1.807, 2.05) is 27.7 Å². The van der Waals surface area contributed by atoms with Crippen LogP contribution in [0.15, 0.2) is 11.1 Å². The van der Waals surface area contributed by atoms with Crippen LogP contribution in [0.4, 0.5) is 5.82 Å². The van der Waals surface area contributed by atoms with Gasteiger partial charge >= 0.3 is 0 Å². The summed E-state index contributed by atoms with van der Waals surface area (Å²) in [4.78, 5) is 0.0591. The van der Waals surface area contributed by atoms with Gasteiger partial charge in [-0.15, -0.1) is 0 Å². The van der Waals surface area contributed by atoms with Crippen LogP contribution in [-0.2, 0) is 10.0 Å². The largest absolute Gasteiger partial charge is 0.383 e. The van der Waals surface area contributed by atoms with Gasteiger partial charge in [-0.2, -0.15) is 9.40 Å². The number of hydrogen-bond acceptors (Lipinski definition) is 4. The maximum absolute atomic E-state index is 12.5. The first-order valence-corrected chi connectivity index (χ1v) is 7.48. The van der Waals surface area contributed by atoms with Crippen LogP contribution in [0.2, 0.25) is 0 Å². The van der Waals surface area contributed by atoms with Crippen molar-refractivity contribution in [1.29, 1.82) is 0 Å². The highest BCUT2D eigenvalue weighted by Gasteiger charge is 2.28. The highest BCUT2D eigenvalue weighted by atomic mass is 32.2. The Balaban J connectivity index is 3.07. The van der Waals surface area contributed by atoms with Crippen LogP contribution in [0.3, 0.4) is 0 Å². The van der Waals surface area contributed by atoms with Gasteiger partial charge in [0, 0.05) is 13.1 Å². The average Bonchev–Trinajstić information content (AvgIpc) is 2.62. The Morgan fingerprint density at radius 3 is 2.11 bits per heavy atom. The van der Waals surface area contributed by atoms with Gasteiger partial charge in [0.2, 0.25) is 10.0 Å². The third kappa shape index (κ3) is 3.46. The third-order valence-electron chi connectivity index (χ3n) is 2.39. The molecule has 1 aromatic rings. The lowest BCUT2D eigenvalue weighted by molar-refractivity contribution is 0.333. The smallest absolute Gasteiger partial charge is 0.248 e. The van der Waals surface area contributed by atoms with E-state index in [0.29, 0.717) is 13.1 Å². The van der Waals surface area contributed by atoms with E-state index in [2.05, 4.69) is 10.2 Å². The Hall–Kier alpha value is -1.08. The van der Waals surface area contributed by atoms with Crippen molar-refractivity contribution in [2.75, 3.05) is 18.8 Å². The summed E-state index contributed by atoms with van der Waals surface area (Å²) in [5, 5.41) is 6.13. The van der Waals surface area contributed by atoms with E-state index < -0.39 is 10.0 Å². The maximum atomic E-state index is 12.5. The normalized spacial score (nSPS) is 12.8. The van der Waals surface area contributed by atoms with Crippen molar-refractivity contribution in [3.8, 4) is 0 Å². The number of rotatable bonds is 6. The summed E-state index contributed by atoms with van der Waals surface area (Å²) in [5.41, 5.74) is 5.60. The zero-order chi connectivity index (χ0) is 13.9. The van der Waals surface area contributed by atoms with E-state index >= 15 is 0 Å². The first-order valence-electron chi connectivity index (χ1n) is 6.04. The van der Waals surface area contributed by atoms with E-state index in [9.17, 15) is 8.42 Å². The molecule has 104 valence electrons. The number of nitrogens with one attached hydrogen (secondary N) is 1. The van der Waals surface area contributed by atoms with E-state index in [0.717, 1.165) is 0 Å². The lowest BCUT2D eigenvalue weighted by Crippen LogP contribution is -2.37. The van der Waals surface area contributed by atoms with E-state index in [4.69, 9.17) is 5.73 Å². The summed E-state index contributed by atoms with van der Waals surface area (Å²) < 4.78 is 26.4. The Labute approximate surface area is 109 Å². The number of sulfonamides is 1. The summed E-state index contributed by atoms with van der Waals surface area (Å²) in [6, 6.07) is 0. The van der Waals surface area contributed by atoms with Crippen LogP contribution in [0.25, 0.3) is 0 Å². The van der Waals surface area contributed by atoms with Gasteiger partial charge in [-0.05, 0) is 11.8 Å². The van der Waals surface area contributed by atoms with Gasteiger partial charge in [-0.1, -0.05) is 27.7 Å². The number of H-pyrrole nitrogens is 1. The standard InChI is InChI=1S/C11H22N4O2S/c1-8(2)6-15(7-9(3)4)18(16,17)10-5-13-14-11(10)12/h5,8-9H,6-7H2,1-4H3,(H3,12,13,14). The molecule has 0 saturated heterocycles. The fraction of sp³-hybridized carbons (Fsp3) is 0.727. The van der Waals surface area contributed by atoms with Crippen molar-refractivity contribution in [1.82, 2.24) is 14.5 Å². The molecule has 6 nitrogen and oxygen atoms in total. The zero-order valence-corrected chi connectivity index (χ0v) is 12.2. The molecule has 0 atom stereocenters. The predicted molar refractivity (Wildman–Crippen MR) is 71.4 cm³/mol. The predicted octanol–water partition coefficient (Wildman–Crippen LogP) is 1.29. The fourth-order valence-corrected chi connectivity index (χ4v) is 3.49. The molecule has 1 aromatic heterocycles. The lowest BCUT2D eigenvalue weighted by atomic mass is 10.2. The number of nitrogens with two attached hydrogens (primary N) is 1. The van der Waals surface area contributed by atoms with Crippen molar-refractivity contribution < 1.29 is 8.42 Å². The molecule has 0 radical (unpaired) electrons. The van der Waals surface area contributed by atoms with E-state index in [-0.39, 0.29) is 22.5 Å². The second-order valence-corrected chi connectivity index (χ2v) is 7.16. The minimum absolute atomic E-state index is 0.0591. The number of aromatic amines is 1. The Morgan fingerprint density at radius 1 is 1.28 bits per heavy atom. The Morgan fingerprint density at radius 2 is 1.78 bits per heavy atom. The molecule has 0 fully saturated rings. The summed E-state index contributed by atoms with van der Waals surface area (Å²) in [7, 11) is -3.56. The van der Waals surface area contributed by atoms with E-state index in [1.54, 1.807) is 0 Å². The third-order valence-corrected chi connectivity index (χ3v) is 4.25. The van der Waals surface area contributed by atoms with Gasteiger partial charge in [0.05, 0.1) is 6.20 Å². The molecule has 1 heterocycles. The number of hydrogen-bond donors (Lipinski definition) is 2. The number of nitrogen functional groups attached to an aromatic ring is 1. The maximum Gasteiger partial charge on any atom is 0.248 e. The molecule has 0 unspecified atom stereocenters. The van der Waals surface area contributed by atoms with Crippen LogP contribution in [0.5, 0.6) is 0 Å². The summed E-state index contributed by atoms with van der Waals surface area (Å²) in [6.07, 6.45) is 1.26. The van der Waals surface area contributed by atoms with Gasteiger partial charge in [0.25, 0.3) is 0 Å². The quantitative estimate of drug-likeness (QED) is 0.817. The minimum atomic E-state index is -3.56. The molecule has 0 aromatic carbocycles. The topological polar surface area (TPSA) is 92.1 Å².